The summed E-state index contributed by atoms with van der Waals surface area (Å²) in [4.78, 5) is 14.7. The van der Waals surface area contributed by atoms with Gasteiger partial charge in [0.2, 0.25) is 0 Å². The zero-order valence-electron chi connectivity index (χ0n) is 30.2. The van der Waals surface area contributed by atoms with Crippen molar-refractivity contribution in [2.45, 2.75) is 0 Å². The highest BCUT2D eigenvalue weighted by Crippen LogP contribution is 2.40. The number of nitrogens with zero attached hydrogens (tertiary/aromatic N) is 4. The fourth-order valence-electron chi connectivity index (χ4n) is 7.95. The van der Waals surface area contributed by atoms with Gasteiger partial charge in [0, 0.05) is 49.5 Å². The molecule has 3 aromatic heterocycles. The zero-order chi connectivity index (χ0) is 37.0. The lowest BCUT2D eigenvalue weighted by Crippen LogP contribution is -2.00. The van der Waals surface area contributed by atoms with Crippen LogP contribution in [0.15, 0.2) is 199 Å². The molecule has 262 valence electrons. The molecule has 0 spiro atoms. The third kappa shape index (κ3) is 5.37. The van der Waals surface area contributed by atoms with Gasteiger partial charge in [-0.25, -0.2) is 15.0 Å². The minimum atomic E-state index is 0.631. The van der Waals surface area contributed by atoms with Crippen LogP contribution in [0.3, 0.4) is 0 Å². The topological polar surface area (TPSA) is 56.7 Å². The third-order valence-corrected chi connectivity index (χ3v) is 10.7. The molecule has 0 aliphatic carbocycles. The molecule has 3 heterocycles. The van der Waals surface area contributed by atoms with E-state index in [0.717, 1.165) is 66.6 Å². The maximum absolute atomic E-state index is 6.76. The summed E-state index contributed by atoms with van der Waals surface area (Å²) in [7, 11) is 0. The van der Waals surface area contributed by atoms with Crippen LogP contribution in [-0.2, 0) is 0 Å². The minimum absolute atomic E-state index is 0.631. The molecule has 5 nitrogen and oxygen atoms in total. The normalized spacial score (nSPS) is 11.6. The van der Waals surface area contributed by atoms with Crippen LogP contribution in [0.1, 0.15) is 0 Å². The van der Waals surface area contributed by atoms with Crippen LogP contribution in [0.2, 0.25) is 0 Å². The quantitative estimate of drug-likeness (QED) is 0.172. The van der Waals surface area contributed by atoms with Gasteiger partial charge in [-0.15, -0.1) is 0 Å². The number of fused-ring (bicyclic) bond motifs is 6. The molecule has 0 saturated carbocycles. The monoisotopic (exact) mass is 716 g/mol. The molecule has 56 heavy (non-hydrogen) atoms. The van der Waals surface area contributed by atoms with E-state index < -0.39 is 0 Å². The molecule has 0 saturated heterocycles. The van der Waals surface area contributed by atoms with Crippen molar-refractivity contribution >= 4 is 43.7 Å². The van der Waals surface area contributed by atoms with E-state index in [1.165, 1.54) is 21.8 Å². The Bertz CT molecular complexity index is 3160. The van der Waals surface area contributed by atoms with Crippen molar-refractivity contribution in [1.82, 2.24) is 19.5 Å². The summed E-state index contributed by atoms with van der Waals surface area (Å²) in [6.07, 6.45) is 0. The molecule has 0 aliphatic rings. The molecular weight excluding hydrogens is 685 g/mol. The van der Waals surface area contributed by atoms with Crippen LogP contribution in [0, 0.1) is 0 Å². The van der Waals surface area contributed by atoms with E-state index >= 15 is 0 Å². The van der Waals surface area contributed by atoms with Gasteiger partial charge in [-0.1, -0.05) is 158 Å². The largest absolute Gasteiger partial charge is 0.455 e. The van der Waals surface area contributed by atoms with E-state index in [1.54, 1.807) is 0 Å². The lowest BCUT2D eigenvalue weighted by Gasteiger charge is -2.09. The summed E-state index contributed by atoms with van der Waals surface area (Å²) in [6.45, 7) is 0. The SMILES string of the molecule is c1ccc(-c2nc(-c3ccccc3)nc(-c3ccc(-c4ccc5c(c4)oc4c(-c6ccc7c8ccccc8n(-c8ccccc8)c7c6)cccc45)cc3)n2)cc1. The van der Waals surface area contributed by atoms with Crippen LogP contribution >= 0.6 is 0 Å². The summed E-state index contributed by atoms with van der Waals surface area (Å²) in [6, 6.07) is 67.4. The van der Waals surface area contributed by atoms with E-state index in [9.17, 15) is 0 Å². The predicted molar refractivity (Wildman–Crippen MR) is 229 cm³/mol. The smallest absolute Gasteiger partial charge is 0.164 e. The Balaban J connectivity index is 0.973. The van der Waals surface area contributed by atoms with Crippen molar-refractivity contribution in [3.63, 3.8) is 0 Å². The second kappa shape index (κ2) is 13.0. The van der Waals surface area contributed by atoms with Crippen molar-refractivity contribution < 1.29 is 4.42 Å². The molecule has 0 amide bonds. The highest BCUT2D eigenvalue weighted by Gasteiger charge is 2.17. The van der Waals surface area contributed by atoms with Gasteiger partial charge >= 0.3 is 0 Å². The Morgan fingerprint density at radius 2 is 0.857 bits per heavy atom. The lowest BCUT2D eigenvalue weighted by atomic mass is 9.99. The molecule has 11 aromatic rings. The minimum Gasteiger partial charge on any atom is -0.455 e. The number of aromatic nitrogens is 4. The average Bonchev–Trinajstić information content (AvgIpc) is 3.82. The second-order valence-corrected chi connectivity index (χ2v) is 14.0. The van der Waals surface area contributed by atoms with Crippen LogP contribution in [0.4, 0.5) is 0 Å². The fraction of sp³-hybridized carbons (Fsp3) is 0. The van der Waals surface area contributed by atoms with Crippen molar-refractivity contribution in [3.8, 4) is 62.1 Å². The van der Waals surface area contributed by atoms with E-state index in [-0.39, 0.29) is 0 Å². The lowest BCUT2D eigenvalue weighted by molar-refractivity contribution is 0.670. The van der Waals surface area contributed by atoms with Crippen LogP contribution in [-0.4, -0.2) is 19.5 Å². The molecule has 0 fully saturated rings. The number of furan rings is 1. The molecule has 11 rings (SSSR count). The Labute approximate surface area is 322 Å². The van der Waals surface area contributed by atoms with E-state index in [2.05, 4.69) is 138 Å². The Hall–Kier alpha value is -7.63. The van der Waals surface area contributed by atoms with Crippen LogP contribution in [0.5, 0.6) is 0 Å². The second-order valence-electron chi connectivity index (χ2n) is 14.0. The van der Waals surface area contributed by atoms with Crippen molar-refractivity contribution in [1.29, 1.82) is 0 Å². The summed E-state index contributed by atoms with van der Waals surface area (Å²) in [5.41, 5.74) is 12.4. The average molecular weight is 717 g/mol. The predicted octanol–water partition coefficient (Wildman–Crippen LogP) is 13.2. The standard InChI is InChI=1S/C51H32N4O/c1-4-13-34(14-5-1)49-52-50(35-15-6-2-7-16-35)54-51(53-49)36-25-23-33(24-26-36)37-27-30-43-44-21-12-20-40(48(44)56-47(43)32-37)38-28-29-42-41-19-10-11-22-45(41)55(46(42)31-38)39-17-8-3-9-18-39/h1-32H. The molecule has 0 bridgehead atoms. The van der Waals surface area contributed by atoms with E-state index in [1.807, 2.05) is 60.7 Å². The highest BCUT2D eigenvalue weighted by atomic mass is 16.3. The maximum Gasteiger partial charge on any atom is 0.164 e. The molecule has 8 aromatic carbocycles. The van der Waals surface area contributed by atoms with Crippen molar-refractivity contribution in [2.24, 2.45) is 0 Å². The number of para-hydroxylation sites is 3. The zero-order valence-corrected chi connectivity index (χ0v) is 30.2. The Morgan fingerprint density at radius 3 is 1.55 bits per heavy atom. The first-order valence-corrected chi connectivity index (χ1v) is 18.8. The first-order chi connectivity index (χ1) is 27.7. The molecule has 0 radical (unpaired) electrons. The van der Waals surface area contributed by atoms with Gasteiger partial charge in [-0.3, -0.25) is 0 Å². The van der Waals surface area contributed by atoms with Gasteiger partial charge in [-0.05, 0) is 53.1 Å². The molecule has 0 unspecified atom stereocenters. The number of rotatable bonds is 6. The van der Waals surface area contributed by atoms with Gasteiger partial charge in [0.05, 0.1) is 11.0 Å². The molecule has 0 aliphatic heterocycles. The summed E-state index contributed by atoms with van der Waals surface area (Å²) in [5.74, 6) is 1.92. The summed E-state index contributed by atoms with van der Waals surface area (Å²) < 4.78 is 9.11. The van der Waals surface area contributed by atoms with E-state index in [4.69, 9.17) is 19.4 Å². The van der Waals surface area contributed by atoms with Crippen LogP contribution in [0.25, 0.3) is 106 Å². The number of benzene rings is 8. The molecular formula is C51H32N4O. The summed E-state index contributed by atoms with van der Waals surface area (Å²) in [5, 5.41) is 4.65. The Kier molecular flexibility index (Phi) is 7.42. The van der Waals surface area contributed by atoms with Crippen molar-refractivity contribution in [3.05, 3.63) is 194 Å². The first-order valence-electron chi connectivity index (χ1n) is 18.8. The Morgan fingerprint density at radius 1 is 0.339 bits per heavy atom. The molecule has 0 atom stereocenters. The van der Waals surface area contributed by atoms with Gasteiger partial charge in [0.25, 0.3) is 0 Å². The van der Waals surface area contributed by atoms with Gasteiger partial charge in [0.15, 0.2) is 17.5 Å². The maximum atomic E-state index is 6.76. The highest BCUT2D eigenvalue weighted by molar-refractivity contribution is 6.13. The van der Waals surface area contributed by atoms with Gasteiger partial charge < -0.3 is 8.98 Å². The van der Waals surface area contributed by atoms with Crippen molar-refractivity contribution in [2.75, 3.05) is 0 Å². The number of hydrogen-bond donors (Lipinski definition) is 0. The third-order valence-electron chi connectivity index (χ3n) is 10.7. The summed E-state index contributed by atoms with van der Waals surface area (Å²) >= 11 is 0. The van der Waals surface area contributed by atoms with Gasteiger partial charge in [-0.2, -0.15) is 0 Å². The molecule has 5 heteroatoms. The van der Waals surface area contributed by atoms with E-state index in [0.29, 0.717) is 17.5 Å². The van der Waals surface area contributed by atoms with Crippen LogP contribution < -0.4 is 0 Å². The fourth-order valence-corrected chi connectivity index (χ4v) is 7.95. The van der Waals surface area contributed by atoms with Gasteiger partial charge in [0.1, 0.15) is 11.2 Å². The number of hydrogen-bond acceptors (Lipinski definition) is 4. The molecule has 0 N–H and O–H groups in total. The first kappa shape index (κ1) is 31.9.